The zero-order valence-electron chi connectivity index (χ0n) is 8.44. The van der Waals surface area contributed by atoms with E-state index in [9.17, 15) is 13.2 Å². The molecule has 17 heavy (non-hydrogen) atoms. The first kappa shape index (κ1) is 12.8. The maximum atomic E-state index is 12.4. The molecule has 0 radical (unpaired) electrons. The van der Waals surface area contributed by atoms with Gasteiger partial charge in [0.25, 0.3) is 0 Å². The van der Waals surface area contributed by atoms with Crippen LogP contribution >= 0.6 is 0 Å². The molecule has 0 unspecified atom stereocenters. The molecule has 0 bridgehead atoms. The summed E-state index contributed by atoms with van der Waals surface area (Å²) in [6.07, 6.45) is -3.55. The first-order valence-electron chi connectivity index (χ1n) is 4.32. The first-order valence-corrected chi connectivity index (χ1v) is 4.32. The number of aromatic hydroxyl groups is 1. The van der Waals surface area contributed by atoms with Crippen LogP contribution in [0.1, 0.15) is 11.1 Å². The van der Waals surface area contributed by atoms with Crippen molar-refractivity contribution in [3.63, 3.8) is 0 Å². The number of hydrogen-bond acceptors (Lipinski definition) is 3. The molecule has 0 aliphatic carbocycles. The van der Waals surface area contributed by atoms with Crippen molar-refractivity contribution >= 4 is 12.2 Å². The second kappa shape index (κ2) is 4.73. The van der Waals surface area contributed by atoms with Crippen molar-refractivity contribution in [1.29, 1.82) is 0 Å². The lowest BCUT2D eigenvalue weighted by molar-refractivity contribution is -0.137. The van der Waals surface area contributed by atoms with Gasteiger partial charge in [-0.05, 0) is 23.8 Å². The van der Waals surface area contributed by atoms with Gasteiger partial charge in [-0.25, -0.2) is 0 Å². The van der Waals surface area contributed by atoms with Crippen LogP contribution in [0, 0.1) is 0 Å². The van der Waals surface area contributed by atoms with E-state index < -0.39 is 17.5 Å². The minimum absolute atomic E-state index is 0.0299. The van der Waals surface area contributed by atoms with Crippen molar-refractivity contribution in [3.8, 4) is 5.75 Å². The quantitative estimate of drug-likeness (QED) is 0.413. The van der Waals surface area contributed by atoms with E-state index in [1.807, 2.05) is 0 Å². The summed E-state index contributed by atoms with van der Waals surface area (Å²) >= 11 is 0. The summed E-state index contributed by atoms with van der Waals surface area (Å²) in [5.74, 6) is -0.844. The molecular formula is C9H9F3N4O. The number of phenols is 1. The normalized spacial score (nSPS) is 11.7. The maximum absolute atomic E-state index is 12.4. The number of guanidine groups is 1. The highest BCUT2D eigenvalue weighted by Gasteiger charge is 2.31. The van der Waals surface area contributed by atoms with E-state index in [4.69, 9.17) is 16.6 Å². The van der Waals surface area contributed by atoms with Crippen molar-refractivity contribution < 1.29 is 18.3 Å². The molecule has 0 saturated carbocycles. The second-order valence-electron chi connectivity index (χ2n) is 3.08. The fourth-order valence-electron chi connectivity index (χ4n) is 1.04. The number of halogens is 3. The van der Waals surface area contributed by atoms with E-state index >= 15 is 0 Å². The van der Waals surface area contributed by atoms with E-state index in [1.54, 1.807) is 0 Å². The number of rotatable bonds is 2. The highest BCUT2D eigenvalue weighted by Crippen LogP contribution is 2.31. The summed E-state index contributed by atoms with van der Waals surface area (Å²) in [5, 5.41) is 15.7. The summed E-state index contributed by atoms with van der Waals surface area (Å²) in [6, 6.07) is 2.52. The van der Waals surface area contributed by atoms with Gasteiger partial charge in [0.05, 0.1) is 11.8 Å². The smallest absolute Gasteiger partial charge is 0.416 e. The van der Waals surface area contributed by atoms with Gasteiger partial charge in [0.1, 0.15) is 5.75 Å². The predicted molar refractivity (Wildman–Crippen MR) is 56.5 cm³/mol. The van der Waals surface area contributed by atoms with Gasteiger partial charge < -0.3 is 16.6 Å². The Labute approximate surface area is 94.3 Å². The molecular weight excluding hydrogens is 237 g/mol. The molecule has 1 aromatic rings. The Morgan fingerprint density at radius 3 is 2.41 bits per heavy atom. The molecule has 92 valence electrons. The Bertz CT molecular complexity index is 464. The van der Waals surface area contributed by atoms with E-state index in [1.165, 1.54) is 0 Å². The molecule has 0 fully saturated rings. The predicted octanol–water partition coefficient (Wildman–Crippen LogP) is 1.02. The third-order valence-corrected chi connectivity index (χ3v) is 1.65. The van der Waals surface area contributed by atoms with Crippen LogP contribution in [0.25, 0.3) is 0 Å². The Morgan fingerprint density at radius 1 is 1.24 bits per heavy atom. The van der Waals surface area contributed by atoms with Crippen LogP contribution in [0.15, 0.2) is 28.4 Å². The number of benzene rings is 1. The minimum atomic E-state index is -4.54. The number of hydrogen-bond donors (Lipinski definition) is 3. The maximum Gasteiger partial charge on any atom is 0.416 e. The van der Waals surface area contributed by atoms with Crippen molar-refractivity contribution in [2.75, 3.05) is 0 Å². The van der Waals surface area contributed by atoms with Crippen LogP contribution < -0.4 is 11.5 Å². The molecule has 0 aliphatic rings. The number of alkyl halides is 3. The van der Waals surface area contributed by atoms with Gasteiger partial charge in [0.15, 0.2) is 0 Å². The average Bonchev–Trinajstić information content (AvgIpc) is 2.14. The van der Waals surface area contributed by atoms with E-state index in [-0.39, 0.29) is 11.5 Å². The molecule has 8 heteroatoms. The zero-order chi connectivity index (χ0) is 13.1. The molecule has 0 aliphatic heterocycles. The van der Waals surface area contributed by atoms with E-state index in [0.29, 0.717) is 6.07 Å². The van der Waals surface area contributed by atoms with Gasteiger partial charge in [-0.3, -0.25) is 0 Å². The standard InChI is InChI=1S/C9H9F3N4O/c10-9(11,12)6-1-5(2-7(17)3-6)4-15-16-8(13)14/h1-4,17H,(H4,13,14,16). The van der Waals surface area contributed by atoms with Gasteiger partial charge >= 0.3 is 6.18 Å². The van der Waals surface area contributed by atoms with Crippen LogP contribution in [-0.2, 0) is 6.18 Å². The first-order chi connectivity index (χ1) is 7.79. The molecule has 5 N–H and O–H groups in total. The summed E-state index contributed by atoms with van der Waals surface area (Å²) in [6.45, 7) is 0. The molecule has 0 atom stereocenters. The second-order valence-corrected chi connectivity index (χ2v) is 3.08. The molecule has 1 rings (SSSR count). The molecule has 0 heterocycles. The highest BCUT2D eigenvalue weighted by atomic mass is 19.4. The van der Waals surface area contributed by atoms with Crippen molar-refractivity contribution in [2.24, 2.45) is 21.7 Å². The Hall–Kier alpha value is -2.25. The fourth-order valence-corrected chi connectivity index (χ4v) is 1.04. The van der Waals surface area contributed by atoms with Gasteiger partial charge in [0.2, 0.25) is 5.96 Å². The van der Waals surface area contributed by atoms with Crippen molar-refractivity contribution in [3.05, 3.63) is 29.3 Å². The molecule has 0 spiro atoms. The van der Waals surface area contributed by atoms with Gasteiger partial charge in [-0.15, -0.1) is 5.10 Å². The largest absolute Gasteiger partial charge is 0.508 e. The number of nitrogens with two attached hydrogens (primary N) is 2. The average molecular weight is 246 g/mol. The van der Waals surface area contributed by atoms with Gasteiger partial charge in [-0.1, -0.05) is 0 Å². The van der Waals surface area contributed by atoms with Crippen molar-refractivity contribution in [2.45, 2.75) is 6.18 Å². The van der Waals surface area contributed by atoms with E-state index in [2.05, 4.69) is 10.2 Å². The topological polar surface area (TPSA) is 97.0 Å². The Morgan fingerprint density at radius 2 is 1.88 bits per heavy atom. The monoisotopic (exact) mass is 246 g/mol. The summed E-state index contributed by atoms with van der Waals surface area (Å²) < 4.78 is 37.1. The molecule has 1 aromatic carbocycles. The summed E-state index contributed by atoms with van der Waals surface area (Å²) in [7, 11) is 0. The van der Waals surface area contributed by atoms with Crippen LogP contribution in [0.4, 0.5) is 13.2 Å². The third-order valence-electron chi connectivity index (χ3n) is 1.65. The van der Waals surface area contributed by atoms with Crippen LogP contribution in [0.5, 0.6) is 5.75 Å². The SMILES string of the molecule is NC(N)=NN=Cc1cc(O)cc(C(F)(F)F)c1. The van der Waals surface area contributed by atoms with Crippen molar-refractivity contribution in [1.82, 2.24) is 0 Å². The van der Waals surface area contributed by atoms with E-state index in [0.717, 1.165) is 18.3 Å². The lowest BCUT2D eigenvalue weighted by Gasteiger charge is -2.07. The molecule has 5 nitrogen and oxygen atoms in total. The number of phenolic OH excluding ortho intramolecular Hbond substituents is 1. The minimum Gasteiger partial charge on any atom is -0.508 e. The van der Waals surface area contributed by atoms with Crippen LogP contribution in [0.3, 0.4) is 0 Å². The highest BCUT2D eigenvalue weighted by molar-refractivity contribution is 5.82. The van der Waals surface area contributed by atoms with Gasteiger partial charge in [-0.2, -0.15) is 18.3 Å². The Kier molecular flexibility index (Phi) is 3.56. The summed E-state index contributed by atoms with van der Waals surface area (Å²) in [4.78, 5) is 0. The molecule has 0 amide bonds. The molecule has 0 aromatic heterocycles. The van der Waals surface area contributed by atoms with Gasteiger partial charge in [0, 0.05) is 0 Å². The van der Waals surface area contributed by atoms with Crippen LogP contribution in [0.2, 0.25) is 0 Å². The summed E-state index contributed by atoms with van der Waals surface area (Å²) in [5.41, 5.74) is 8.99. The fraction of sp³-hybridized carbons (Fsp3) is 0.111. The molecule has 0 saturated heterocycles. The lowest BCUT2D eigenvalue weighted by Crippen LogP contribution is -2.21. The third kappa shape index (κ3) is 4.01. The Balaban J connectivity index is 3.06. The zero-order valence-corrected chi connectivity index (χ0v) is 8.44. The number of nitrogens with zero attached hydrogens (tertiary/aromatic N) is 2. The van der Waals surface area contributed by atoms with Crippen LogP contribution in [-0.4, -0.2) is 17.3 Å². The lowest BCUT2D eigenvalue weighted by atomic mass is 10.1.